The Hall–Kier alpha value is -1.05. The van der Waals surface area contributed by atoms with E-state index in [4.69, 9.17) is 5.11 Å². The average Bonchev–Trinajstić information content (AvgIpc) is 2.10. The van der Waals surface area contributed by atoms with Gasteiger partial charge in [-0.3, -0.25) is 0 Å². The number of hydrogen-bond donors (Lipinski definition) is 1. The zero-order valence-electron chi connectivity index (χ0n) is 8.42. The van der Waals surface area contributed by atoms with Gasteiger partial charge in [0, 0.05) is 5.57 Å². The number of allylic oxidation sites excluding steroid dienone is 3. The van der Waals surface area contributed by atoms with E-state index in [1.807, 2.05) is 0 Å². The molecule has 0 saturated heterocycles. The minimum Gasteiger partial charge on any atom is -0.478 e. The third kappa shape index (κ3) is 6.14. The number of rotatable bonds is 6. The first-order chi connectivity index (χ1) is 6.22. The molecule has 2 nitrogen and oxygen atoms in total. The smallest absolute Gasteiger partial charge is 0.331 e. The van der Waals surface area contributed by atoms with Gasteiger partial charge in [0.1, 0.15) is 0 Å². The first kappa shape index (κ1) is 11.9. The normalized spacial score (nSPS) is 12.3. The number of carboxylic acids is 1. The largest absolute Gasteiger partial charge is 0.478 e. The lowest BCUT2D eigenvalue weighted by molar-refractivity contribution is -0.132. The molecule has 0 aromatic rings. The van der Waals surface area contributed by atoms with Gasteiger partial charge in [0.2, 0.25) is 0 Å². The van der Waals surface area contributed by atoms with Gasteiger partial charge in [0.25, 0.3) is 0 Å². The highest BCUT2D eigenvalue weighted by atomic mass is 16.4. The molecule has 0 heterocycles. The highest BCUT2D eigenvalue weighted by molar-refractivity contribution is 5.86. The van der Waals surface area contributed by atoms with Crippen LogP contribution in [0, 0.1) is 0 Å². The predicted octanol–water partition coefficient (Wildman–Crippen LogP) is 3.15. The zero-order chi connectivity index (χ0) is 10.1. The van der Waals surface area contributed by atoms with Crippen molar-refractivity contribution >= 4 is 5.97 Å². The molecule has 0 aliphatic heterocycles. The van der Waals surface area contributed by atoms with E-state index in [-0.39, 0.29) is 0 Å². The summed E-state index contributed by atoms with van der Waals surface area (Å²) in [6.45, 7) is 3.86. The maximum absolute atomic E-state index is 10.6. The van der Waals surface area contributed by atoms with E-state index >= 15 is 0 Å². The molecule has 2 heteroatoms. The third-order valence-electron chi connectivity index (χ3n) is 1.84. The van der Waals surface area contributed by atoms with Crippen molar-refractivity contribution in [2.75, 3.05) is 0 Å². The Kier molecular flexibility index (Phi) is 6.98. The van der Waals surface area contributed by atoms with Crippen LogP contribution in [0.25, 0.3) is 0 Å². The lowest BCUT2D eigenvalue weighted by Gasteiger charge is -1.98. The van der Waals surface area contributed by atoms with Crippen LogP contribution < -0.4 is 0 Å². The lowest BCUT2D eigenvalue weighted by Crippen LogP contribution is -1.99. The van der Waals surface area contributed by atoms with Gasteiger partial charge >= 0.3 is 5.97 Å². The summed E-state index contributed by atoms with van der Waals surface area (Å²) in [5.41, 5.74) is 0.518. The Balaban J connectivity index is 3.63. The second-order valence-electron chi connectivity index (χ2n) is 2.89. The zero-order valence-corrected chi connectivity index (χ0v) is 8.42. The number of hydrogen-bond acceptors (Lipinski definition) is 1. The fraction of sp³-hybridized carbons (Fsp3) is 0.545. The number of aliphatic carboxylic acids is 1. The van der Waals surface area contributed by atoms with Gasteiger partial charge in [-0.25, -0.2) is 4.79 Å². The Labute approximate surface area is 80.0 Å². The van der Waals surface area contributed by atoms with Crippen LogP contribution in [0.4, 0.5) is 0 Å². The molecule has 0 bridgehead atoms. The number of carboxylic acid groups (broad SMARTS) is 1. The molecular formula is C11H18O2. The molecule has 74 valence electrons. The molecule has 0 aromatic carbocycles. The summed E-state index contributed by atoms with van der Waals surface area (Å²) < 4.78 is 0. The number of unbranched alkanes of at least 4 members (excludes halogenated alkanes) is 1. The Morgan fingerprint density at radius 3 is 2.54 bits per heavy atom. The second-order valence-corrected chi connectivity index (χ2v) is 2.89. The predicted molar refractivity (Wildman–Crippen MR) is 54.7 cm³/mol. The Morgan fingerprint density at radius 2 is 2.08 bits per heavy atom. The summed E-state index contributed by atoms with van der Waals surface area (Å²) >= 11 is 0. The lowest BCUT2D eigenvalue weighted by atomic mass is 10.1. The van der Waals surface area contributed by atoms with Crippen LogP contribution >= 0.6 is 0 Å². The molecule has 0 aliphatic rings. The summed E-state index contributed by atoms with van der Waals surface area (Å²) in [6.07, 6.45) is 9.49. The van der Waals surface area contributed by atoms with Crippen LogP contribution in [-0.2, 0) is 4.79 Å². The first-order valence-electron chi connectivity index (χ1n) is 4.75. The standard InChI is InChI=1S/C11H18O2/c1-3-5-6-7-8-9-10(4-2)11(12)13/h4-6H,3,7-9H2,1-2H3,(H,12,13)/b6-5-,10-4+. The average molecular weight is 182 g/mol. The number of carbonyl (C=O) groups is 1. The van der Waals surface area contributed by atoms with Crippen molar-refractivity contribution < 1.29 is 9.90 Å². The van der Waals surface area contributed by atoms with E-state index in [2.05, 4.69) is 19.1 Å². The second kappa shape index (κ2) is 7.59. The fourth-order valence-electron chi connectivity index (χ4n) is 1.07. The molecule has 0 spiro atoms. The Bertz CT molecular complexity index is 202. The van der Waals surface area contributed by atoms with Crippen molar-refractivity contribution in [3.8, 4) is 0 Å². The molecule has 0 radical (unpaired) electrons. The van der Waals surface area contributed by atoms with Crippen LogP contribution in [0.2, 0.25) is 0 Å². The minimum absolute atomic E-state index is 0.518. The minimum atomic E-state index is -0.790. The van der Waals surface area contributed by atoms with Crippen molar-refractivity contribution in [1.29, 1.82) is 0 Å². The maximum atomic E-state index is 10.6. The van der Waals surface area contributed by atoms with Gasteiger partial charge in [0.05, 0.1) is 0 Å². The quantitative estimate of drug-likeness (QED) is 0.389. The van der Waals surface area contributed by atoms with Crippen LogP contribution in [0.5, 0.6) is 0 Å². The van der Waals surface area contributed by atoms with Crippen LogP contribution in [-0.4, -0.2) is 11.1 Å². The summed E-state index contributed by atoms with van der Waals surface area (Å²) in [7, 11) is 0. The third-order valence-corrected chi connectivity index (χ3v) is 1.84. The topological polar surface area (TPSA) is 37.3 Å². The fourth-order valence-corrected chi connectivity index (χ4v) is 1.07. The monoisotopic (exact) mass is 182 g/mol. The molecule has 0 amide bonds. The van der Waals surface area contributed by atoms with Crippen LogP contribution in [0.15, 0.2) is 23.8 Å². The highest BCUT2D eigenvalue weighted by Crippen LogP contribution is 2.07. The van der Waals surface area contributed by atoms with Gasteiger partial charge in [-0.05, 0) is 32.6 Å². The van der Waals surface area contributed by atoms with Crippen molar-refractivity contribution in [2.24, 2.45) is 0 Å². The summed E-state index contributed by atoms with van der Waals surface area (Å²) in [6, 6.07) is 0. The van der Waals surface area contributed by atoms with Crippen molar-refractivity contribution in [3.63, 3.8) is 0 Å². The van der Waals surface area contributed by atoms with Crippen molar-refractivity contribution in [1.82, 2.24) is 0 Å². The molecule has 0 aliphatic carbocycles. The van der Waals surface area contributed by atoms with Crippen LogP contribution in [0.1, 0.15) is 39.5 Å². The highest BCUT2D eigenvalue weighted by Gasteiger charge is 2.03. The molecule has 0 aromatic heterocycles. The molecule has 0 fully saturated rings. The van der Waals surface area contributed by atoms with Gasteiger partial charge in [-0.2, -0.15) is 0 Å². The van der Waals surface area contributed by atoms with E-state index in [0.29, 0.717) is 12.0 Å². The molecular weight excluding hydrogens is 164 g/mol. The summed E-state index contributed by atoms with van der Waals surface area (Å²) in [5.74, 6) is -0.790. The van der Waals surface area contributed by atoms with Gasteiger partial charge in [-0.1, -0.05) is 25.2 Å². The van der Waals surface area contributed by atoms with Gasteiger partial charge < -0.3 is 5.11 Å². The first-order valence-corrected chi connectivity index (χ1v) is 4.75. The summed E-state index contributed by atoms with van der Waals surface area (Å²) in [5, 5.41) is 8.69. The van der Waals surface area contributed by atoms with E-state index < -0.39 is 5.97 Å². The van der Waals surface area contributed by atoms with Crippen LogP contribution in [0.3, 0.4) is 0 Å². The van der Waals surface area contributed by atoms with Gasteiger partial charge in [-0.15, -0.1) is 0 Å². The molecule has 0 rings (SSSR count). The molecule has 13 heavy (non-hydrogen) atoms. The van der Waals surface area contributed by atoms with Gasteiger partial charge in [0.15, 0.2) is 0 Å². The van der Waals surface area contributed by atoms with E-state index in [0.717, 1.165) is 19.3 Å². The maximum Gasteiger partial charge on any atom is 0.331 e. The summed E-state index contributed by atoms with van der Waals surface area (Å²) in [4.78, 5) is 10.6. The van der Waals surface area contributed by atoms with Crippen molar-refractivity contribution in [3.05, 3.63) is 23.8 Å². The molecule has 0 atom stereocenters. The van der Waals surface area contributed by atoms with E-state index in [1.165, 1.54) is 0 Å². The Morgan fingerprint density at radius 1 is 1.38 bits per heavy atom. The van der Waals surface area contributed by atoms with Crippen molar-refractivity contribution in [2.45, 2.75) is 39.5 Å². The molecule has 0 unspecified atom stereocenters. The molecule has 0 saturated carbocycles. The SMILES string of the molecule is C/C=C(\CCC/C=C\CC)C(=O)O. The van der Waals surface area contributed by atoms with E-state index in [1.54, 1.807) is 13.0 Å². The van der Waals surface area contributed by atoms with E-state index in [9.17, 15) is 4.79 Å². The molecule has 1 N–H and O–H groups in total.